The molecule has 5 aliphatic carbocycles. The highest BCUT2D eigenvalue weighted by atomic mass is 32.2. The minimum Gasteiger partial charge on any atom is -0.467 e. The normalized spacial score (nSPS) is 32.9. The molecule has 3 aromatic rings. The molecule has 1 aliphatic heterocycles. The summed E-state index contributed by atoms with van der Waals surface area (Å²) in [5.74, 6) is 5.49. The Balaban J connectivity index is 1.10. The smallest absolute Gasteiger partial charge is 0.246 e. The third kappa shape index (κ3) is 4.66. The van der Waals surface area contributed by atoms with Crippen molar-refractivity contribution in [2.24, 2.45) is 29.1 Å². The van der Waals surface area contributed by atoms with E-state index in [4.69, 9.17) is 4.42 Å². The van der Waals surface area contributed by atoms with Crippen LogP contribution in [0.1, 0.15) is 94.6 Å². The molecule has 0 radical (unpaired) electrons. The number of amides is 2. The number of hydrogen-bond acceptors (Lipinski definition) is 4. The molecule has 2 amide bonds. The van der Waals surface area contributed by atoms with Crippen molar-refractivity contribution in [1.29, 1.82) is 0 Å². The first kappa shape index (κ1) is 28.8. The van der Waals surface area contributed by atoms with E-state index in [0.29, 0.717) is 31.7 Å². The lowest BCUT2D eigenvalue weighted by molar-refractivity contribution is -0.153. The maximum Gasteiger partial charge on any atom is 0.246 e. The van der Waals surface area contributed by atoms with Gasteiger partial charge in [-0.3, -0.25) is 9.59 Å². The van der Waals surface area contributed by atoms with Crippen molar-refractivity contribution in [2.45, 2.75) is 102 Å². The van der Waals surface area contributed by atoms with E-state index in [9.17, 15) is 9.59 Å². The number of benzene rings is 1. The number of aromatic nitrogens is 1. The molecular weight excluding hydrogens is 566 g/mol. The van der Waals surface area contributed by atoms with Crippen molar-refractivity contribution < 1.29 is 14.0 Å². The van der Waals surface area contributed by atoms with Gasteiger partial charge in [-0.2, -0.15) is 11.8 Å². The number of furan rings is 1. The van der Waals surface area contributed by atoms with Gasteiger partial charge in [0.05, 0.1) is 12.8 Å². The Morgan fingerprint density at radius 1 is 1.00 bits per heavy atom. The number of nitrogens with one attached hydrogen (secondary N) is 2. The second-order valence-electron chi connectivity index (χ2n) is 15.7. The topological polar surface area (TPSA) is 78.3 Å². The number of thioether (sulfide) groups is 1. The maximum absolute atomic E-state index is 14.8. The SMILES string of the molecule is Cc1[nH]c2ccccc2c1[C@@H]1[C@H](CC(=O)N(Cc2ccco2)C2(C(=O)NC34CC5CC(CC(C5)C3)C4)CCSCC2)C1(C)C. The number of fused-ring (bicyclic) bond motifs is 1. The summed E-state index contributed by atoms with van der Waals surface area (Å²) < 4.78 is 5.83. The fraction of sp³-hybridized carbons (Fsp3) is 0.622. The van der Waals surface area contributed by atoms with Crippen LogP contribution in [0.3, 0.4) is 0 Å². The Kier molecular flexibility index (Phi) is 6.82. The zero-order valence-electron chi connectivity index (χ0n) is 26.5. The van der Waals surface area contributed by atoms with E-state index in [-0.39, 0.29) is 28.7 Å². The molecule has 0 unspecified atom stereocenters. The molecular formula is C37H47N3O3S. The summed E-state index contributed by atoms with van der Waals surface area (Å²) >= 11 is 1.90. The van der Waals surface area contributed by atoms with Gasteiger partial charge in [0.2, 0.25) is 11.8 Å². The van der Waals surface area contributed by atoms with Gasteiger partial charge in [0.25, 0.3) is 0 Å². The van der Waals surface area contributed by atoms with Crippen LogP contribution < -0.4 is 5.32 Å². The molecule has 9 rings (SSSR count). The fourth-order valence-corrected chi connectivity index (χ4v) is 11.8. The molecule has 5 saturated carbocycles. The number of hydrogen-bond donors (Lipinski definition) is 2. The van der Waals surface area contributed by atoms with Crippen LogP contribution in [-0.2, 0) is 16.1 Å². The maximum atomic E-state index is 14.8. The summed E-state index contributed by atoms with van der Waals surface area (Å²) in [6.07, 6.45) is 10.9. The van der Waals surface area contributed by atoms with Gasteiger partial charge in [0.1, 0.15) is 11.3 Å². The van der Waals surface area contributed by atoms with Gasteiger partial charge < -0.3 is 19.6 Å². The highest BCUT2D eigenvalue weighted by molar-refractivity contribution is 7.99. The molecule has 2 N–H and O–H groups in total. The van der Waals surface area contributed by atoms with E-state index >= 15 is 0 Å². The van der Waals surface area contributed by atoms with Gasteiger partial charge in [0, 0.05) is 28.6 Å². The average molecular weight is 614 g/mol. The average Bonchev–Trinajstić information content (AvgIpc) is 3.35. The molecule has 2 atom stereocenters. The lowest BCUT2D eigenvalue weighted by atomic mass is 9.53. The first-order chi connectivity index (χ1) is 21.2. The molecule has 4 bridgehead atoms. The Morgan fingerprint density at radius 2 is 1.68 bits per heavy atom. The van der Waals surface area contributed by atoms with Gasteiger partial charge in [0.15, 0.2) is 0 Å². The molecule has 6 fully saturated rings. The van der Waals surface area contributed by atoms with Gasteiger partial charge in [-0.1, -0.05) is 32.0 Å². The van der Waals surface area contributed by atoms with Crippen molar-refractivity contribution in [3.8, 4) is 0 Å². The zero-order valence-corrected chi connectivity index (χ0v) is 27.3. The van der Waals surface area contributed by atoms with Gasteiger partial charge in [-0.15, -0.1) is 0 Å². The number of H-pyrrole nitrogens is 1. The summed E-state index contributed by atoms with van der Waals surface area (Å²) in [5, 5.41) is 4.98. The summed E-state index contributed by atoms with van der Waals surface area (Å²) in [4.78, 5) is 35.1. The lowest BCUT2D eigenvalue weighted by Crippen LogP contribution is -2.68. The second kappa shape index (κ2) is 10.4. The number of carbonyl (C=O) groups is 2. The van der Waals surface area contributed by atoms with Crippen LogP contribution in [0.2, 0.25) is 0 Å². The zero-order chi connectivity index (χ0) is 30.3. The van der Waals surface area contributed by atoms with Gasteiger partial charge in [-0.05, 0) is 129 Å². The molecule has 1 saturated heterocycles. The van der Waals surface area contributed by atoms with Crippen molar-refractivity contribution in [3.05, 3.63) is 59.7 Å². The Morgan fingerprint density at radius 3 is 2.34 bits per heavy atom. The van der Waals surface area contributed by atoms with Crippen LogP contribution >= 0.6 is 11.8 Å². The van der Waals surface area contributed by atoms with Gasteiger partial charge in [-0.25, -0.2) is 0 Å². The highest BCUT2D eigenvalue weighted by Crippen LogP contribution is 2.67. The number of nitrogens with zero attached hydrogens (tertiary/aromatic N) is 1. The monoisotopic (exact) mass is 613 g/mol. The van der Waals surface area contributed by atoms with Crippen LogP contribution in [0.5, 0.6) is 0 Å². The third-order valence-electron chi connectivity index (χ3n) is 12.6. The Bertz CT molecular complexity index is 1530. The number of para-hydroxylation sites is 1. The highest BCUT2D eigenvalue weighted by Gasteiger charge is 2.61. The summed E-state index contributed by atoms with van der Waals surface area (Å²) in [5.41, 5.74) is 2.78. The van der Waals surface area contributed by atoms with Crippen LogP contribution in [0.4, 0.5) is 0 Å². The number of aromatic amines is 1. The van der Waals surface area contributed by atoms with Crippen LogP contribution in [-0.4, -0.2) is 44.3 Å². The molecule has 2 aromatic heterocycles. The van der Waals surface area contributed by atoms with Crippen molar-refractivity contribution in [2.75, 3.05) is 11.5 Å². The molecule has 6 aliphatic rings. The number of aryl methyl sites for hydroxylation is 1. The largest absolute Gasteiger partial charge is 0.467 e. The van der Waals surface area contributed by atoms with E-state index in [1.54, 1.807) is 6.26 Å². The standard InChI is InChI=1S/C37H47N3O3S/c1-23-32(28-8-4-5-9-30(28)38-23)33-29(35(33,2)3)18-31(41)40(22-27-7-6-12-43-27)37(10-13-44-14-11-37)34(42)39-36-19-24-15-25(20-36)17-26(16-24)21-36/h4-9,12,24-26,29,33,38H,10-11,13-22H2,1-3H3,(H,39,42)/t24?,25?,26?,29-,33-,36?/m0/s1. The molecule has 234 valence electrons. The third-order valence-corrected chi connectivity index (χ3v) is 13.6. The molecule has 6 nitrogen and oxygen atoms in total. The minimum atomic E-state index is -0.844. The molecule has 7 heteroatoms. The lowest BCUT2D eigenvalue weighted by Gasteiger charge is -2.58. The molecule has 3 heterocycles. The predicted molar refractivity (Wildman–Crippen MR) is 175 cm³/mol. The van der Waals surface area contributed by atoms with Crippen molar-refractivity contribution in [1.82, 2.24) is 15.2 Å². The Hall–Kier alpha value is -2.67. The van der Waals surface area contributed by atoms with Crippen LogP contribution in [0.15, 0.2) is 47.1 Å². The summed E-state index contributed by atoms with van der Waals surface area (Å²) in [6, 6.07) is 12.4. The number of rotatable bonds is 8. The van der Waals surface area contributed by atoms with E-state index in [1.165, 1.54) is 35.9 Å². The van der Waals surface area contributed by atoms with Crippen LogP contribution in [0.25, 0.3) is 10.9 Å². The summed E-state index contributed by atoms with van der Waals surface area (Å²) in [6.45, 7) is 7.12. The number of carbonyl (C=O) groups excluding carboxylic acids is 2. The van der Waals surface area contributed by atoms with E-state index in [0.717, 1.165) is 59.8 Å². The second-order valence-corrected chi connectivity index (χ2v) is 16.9. The Labute approximate surface area is 265 Å². The first-order valence-electron chi connectivity index (χ1n) is 17.0. The fourth-order valence-electron chi connectivity index (χ4n) is 10.7. The predicted octanol–water partition coefficient (Wildman–Crippen LogP) is 7.58. The molecule has 0 spiro atoms. The molecule has 1 aromatic carbocycles. The van der Waals surface area contributed by atoms with Gasteiger partial charge >= 0.3 is 0 Å². The van der Waals surface area contributed by atoms with E-state index in [1.807, 2.05) is 28.8 Å². The van der Waals surface area contributed by atoms with Crippen molar-refractivity contribution >= 4 is 34.5 Å². The van der Waals surface area contributed by atoms with E-state index in [2.05, 4.69) is 55.3 Å². The van der Waals surface area contributed by atoms with Crippen molar-refractivity contribution in [3.63, 3.8) is 0 Å². The summed E-state index contributed by atoms with van der Waals surface area (Å²) in [7, 11) is 0. The van der Waals surface area contributed by atoms with Crippen LogP contribution in [0, 0.1) is 36.0 Å². The first-order valence-corrected chi connectivity index (χ1v) is 18.1. The molecule has 44 heavy (non-hydrogen) atoms. The quantitative estimate of drug-likeness (QED) is 0.275. The van der Waals surface area contributed by atoms with E-state index < -0.39 is 5.54 Å². The minimum absolute atomic E-state index is 0.00122.